The summed E-state index contributed by atoms with van der Waals surface area (Å²) in [5.74, 6) is 0.700. The van der Waals surface area contributed by atoms with Crippen LogP contribution in [0.4, 0.5) is 5.69 Å². The summed E-state index contributed by atoms with van der Waals surface area (Å²) in [5, 5.41) is 8.69. The second-order valence-electron chi connectivity index (χ2n) is 3.52. The Hall–Kier alpha value is -1.95. The zero-order valence-corrected chi connectivity index (χ0v) is 8.58. The largest absolute Gasteiger partial charge is 0.494 e. The minimum absolute atomic E-state index is 0.627. The molecule has 0 saturated carbocycles. The molecule has 76 valence electrons. The number of hydrogen-bond donors (Lipinski definition) is 1. The number of fused-ring (bicyclic) bond motifs is 1. The number of allylic oxidation sites excluding steroid dienone is 2. The molecule has 2 rings (SSSR count). The van der Waals surface area contributed by atoms with Crippen molar-refractivity contribution in [3.63, 3.8) is 0 Å². The first-order valence-corrected chi connectivity index (χ1v) is 4.82. The molecule has 0 spiro atoms. The van der Waals surface area contributed by atoms with Crippen molar-refractivity contribution in [3.8, 4) is 11.8 Å². The number of nitriles is 1. The summed E-state index contributed by atoms with van der Waals surface area (Å²) in [7, 11) is 1.61. The van der Waals surface area contributed by atoms with Crippen LogP contribution in [0.1, 0.15) is 17.5 Å². The Labute approximate surface area is 88.8 Å². The van der Waals surface area contributed by atoms with Gasteiger partial charge in [0.05, 0.1) is 18.9 Å². The molecule has 1 aromatic rings. The molecule has 0 unspecified atom stereocenters. The minimum atomic E-state index is 0.627. The van der Waals surface area contributed by atoms with E-state index in [9.17, 15) is 0 Å². The van der Waals surface area contributed by atoms with E-state index in [2.05, 4.69) is 6.07 Å². The van der Waals surface area contributed by atoms with Crippen molar-refractivity contribution in [2.45, 2.75) is 12.8 Å². The third-order valence-corrected chi connectivity index (χ3v) is 2.70. The molecule has 2 N–H and O–H groups in total. The summed E-state index contributed by atoms with van der Waals surface area (Å²) in [4.78, 5) is 0. The van der Waals surface area contributed by atoms with Gasteiger partial charge in [0.25, 0.3) is 0 Å². The number of methoxy groups -OCH3 is 1. The van der Waals surface area contributed by atoms with Crippen molar-refractivity contribution in [2.24, 2.45) is 0 Å². The smallest absolute Gasteiger partial charge is 0.149 e. The number of benzene rings is 1. The van der Waals surface area contributed by atoms with E-state index in [1.54, 1.807) is 13.2 Å². The molecule has 0 heterocycles. The van der Waals surface area contributed by atoms with Crippen molar-refractivity contribution in [1.29, 1.82) is 5.26 Å². The normalized spacial score (nSPS) is 16.1. The molecule has 0 amide bonds. The number of nitrogen functional groups attached to an aromatic ring is 1. The maximum atomic E-state index is 8.69. The lowest BCUT2D eigenvalue weighted by Gasteiger charge is -2.10. The topological polar surface area (TPSA) is 59.0 Å². The number of rotatable bonds is 1. The average Bonchev–Trinajstić information content (AvgIpc) is 2.63. The molecule has 0 aromatic heterocycles. The van der Waals surface area contributed by atoms with E-state index in [-0.39, 0.29) is 0 Å². The predicted octanol–water partition coefficient (Wildman–Crippen LogP) is 2.13. The minimum Gasteiger partial charge on any atom is -0.494 e. The first-order chi connectivity index (χ1) is 7.27. The molecule has 1 aliphatic rings. The van der Waals surface area contributed by atoms with Crippen LogP contribution in [0.5, 0.6) is 5.75 Å². The number of nitrogens with zero attached hydrogens (tertiary/aromatic N) is 1. The molecule has 0 saturated heterocycles. The molecule has 1 aliphatic carbocycles. The maximum absolute atomic E-state index is 8.69. The molecular weight excluding hydrogens is 188 g/mol. The summed E-state index contributed by atoms with van der Waals surface area (Å²) in [6.45, 7) is 0. The van der Waals surface area contributed by atoms with Crippen molar-refractivity contribution in [1.82, 2.24) is 0 Å². The van der Waals surface area contributed by atoms with Crippen LogP contribution in [0.15, 0.2) is 18.2 Å². The second kappa shape index (κ2) is 3.66. The standard InChI is InChI=1S/C12H12N2O/c1-15-12-10(14)5-4-8-2-3-9(6-7-13)11(8)12/h4-6H,2-3,14H2,1H3/b9-6+. The fourth-order valence-electron chi connectivity index (χ4n) is 2.04. The van der Waals surface area contributed by atoms with Gasteiger partial charge in [0.2, 0.25) is 0 Å². The van der Waals surface area contributed by atoms with Crippen LogP contribution in [-0.2, 0) is 6.42 Å². The lowest BCUT2D eigenvalue weighted by molar-refractivity contribution is 0.415. The number of hydrogen-bond acceptors (Lipinski definition) is 3. The van der Waals surface area contributed by atoms with Crippen LogP contribution in [0.25, 0.3) is 5.57 Å². The third-order valence-electron chi connectivity index (χ3n) is 2.70. The van der Waals surface area contributed by atoms with E-state index < -0.39 is 0 Å². The van der Waals surface area contributed by atoms with Gasteiger partial charge in [-0.1, -0.05) is 6.07 Å². The summed E-state index contributed by atoms with van der Waals surface area (Å²) in [5.41, 5.74) is 9.70. The van der Waals surface area contributed by atoms with Gasteiger partial charge in [-0.05, 0) is 30.0 Å². The van der Waals surface area contributed by atoms with E-state index in [1.807, 2.05) is 12.1 Å². The number of aryl methyl sites for hydroxylation is 1. The lowest BCUT2D eigenvalue weighted by atomic mass is 10.0. The highest BCUT2D eigenvalue weighted by molar-refractivity contribution is 5.82. The molecule has 3 nitrogen and oxygen atoms in total. The van der Waals surface area contributed by atoms with Crippen molar-refractivity contribution in [2.75, 3.05) is 12.8 Å². The summed E-state index contributed by atoms with van der Waals surface area (Å²) < 4.78 is 5.29. The molecule has 0 radical (unpaired) electrons. The van der Waals surface area contributed by atoms with E-state index in [0.29, 0.717) is 11.4 Å². The van der Waals surface area contributed by atoms with Gasteiger partial charge < -0.3 is 10.5 Å². The first-order valence-electron chi connectivity index (χ1n) is 4.82. The van der Waals surface area contributed by atoms with E-state index in [1.165, 1.54) is 5.56 Å². The molecule has 0 bridgehead atoms. The summed E-state index contributed by atoms with van der Waals surface area (Å²) in [6.07, 6.45) is 3.43. The fraction of sp³-hybridized carbons (Fsp3) is 0.250. The molecule has 0 aliphatic heterocycles. The van der Waals surface area contributed by atoms with Crippen molar-refractivity contribution >= 4 is 11.3 Å². The SMILES string of the molecule is COc1c(N)ccc2c1/C(=C/C#N)CC2. The van der Waals surface area contributed by atoms with Crippen LogP contribution in [0, 0.1) is 11.3 Å². The number of nitrogens with two attached hydrogens (primary N) is 1. The average molecular weight is 200 g/mol. The van der Waals surface area contributed by atoms with Gasteiger partial charge in [-0.15, -0.1) is 0 Å². The van der Waals surface area contributed by atoms with Crippen LogP contribution in [0.3, 0.4) is 0 Å². The fourth-order valence-corrected chi connectivity index (χ4v) is 2.04. The lowest BCUT2D eigenvalue weighted by Crippen LogP contribution is -1.96. The van der Waals surface area contributed by atoms with E-state index in [4.69, 9.17) is 15.7 Å². The van der Waals surface area contributed by atoms with Gasteiger partial charge in [0, 0.05) is 11.6 Å². The van der Waals surface area contributed by atoms with E-state index >= 15 is 0 Å². The van der Waals surface area contributed by atoms with Gasteiger partial charge in [0.1, 0.15) is 5.75 Å². The zero-order valence-electron chi connectivity index (χ0n) is 8.58. The Morgan fingerprint density at radius 3 is 2.93 bits per heavy atom. The second-order valence-corrected chi connectivity index (χ2v) is 3.52. The number of ether oxygens (including phenoxy) is 1. The highest BCUT2D eigenvalue weighted by Crippen LogP contribution is 2.41. The molecular formula is C12H12N2O. The van der Waals surface area contributed by atoms with Gasteiger partial charge in [-0.2, -0.15) is 5.26 Å². The summed E-state index contributed by atoms with van der Waals surface area (Å²) >= 11 is 0. The number of anilines is 1. The summed E-state index contributed by atoms with van der Waals surface area (Å²) in [6, 6.07) is 5.92. The molecule has 3 heteroatoms. The Morgan fingerprint density at radius 1 is 1.47 bits per heavy atom. The van der Waals surface area contributed by atoms with Crippen LogP contribution in [-0.4, -0.2) is 7.11 Å². The highest BCUT2D eigenvalue weighted by atomic mass is 16.5. The Bertz CT molecular complexity index is 469. The van der Waals surface area contributed by atoms with Gasteiger partial charge >= 0.3 is 0 Å². The first kappa shape index (κ1) is 9.60. The van der Waals surface area contributed by atoms with Gasteiger partial charge in [-0.3, -0.25) is 0 Å². The van der Waals surface area contributed by atoms with Crippen LogP contribution < -0.4 is 10.5 Å². The van der Waals surface area contributed by atoms with Crippen LogP contribution >= 0.6 is 0 Å². The van der Waals surface area contributed by atoms with Crippen molar-refractivity contribution < 1.29 is 4.74 Å². The van der Waals surface area contributed by atoms with Gasteiger partial charge in [-0.25, -0.2) is 0 Å². The van der Waals surface area contributed by atoms with E-state index in [0.717, 1.165) is 24.0 Å². The van der Waals surface area contributed by atoms with Crippen molar-refractivity contribution in [3.05, 3.63) is 29.3 Å². The third kappa shape index (κ3) is 1.44. The molecule has 0 fully saturated rings. The Balaban J connectivity index is 2.65. The quantitative estimate of drug-likeness (QED) is 0.558. The zero-order chi connectivity index (χ0) is 10.8. The predicted molar refractivity (Wildman–Crippen MR) is 59.3 cm³/mol. The molecule has 0 atom stereocenters. The van der Waals surface area contributed by atoms with Gasteiger partial charge in [0.15, 0.2) is 0 Å². The maximum Gasteiger partial charge on any atom is 0.149 e. The van der Waals surface area contributed by atoms with Crippen LogP contribution in [0.2, 0.25) is 0 Å². The Kier molecular flexibility index (Phi) is 2.34. The monoisotopic (exact) mass is 200 g/mol. The molecule has 15 heavy (non-hydrogen) atoms. The highest BCUT2D eigenvalue weighted by Gasteiger charge is 2.21. The Morgan fingerprint density at radius 2 is 2.27 bits per heavy atom. The molecule has 1 aromatic carbocycles.